The van der Waals surface area contributed by atoms with Crippen LogP contribution in [0.1, 0.15) is 16.7 Å². The Labute approximate surface area is 279 Å². The Morgan fingerprint density at radius 1 is 0.870 bits per heavy atom. The second-order valence-corrected chi connectivity index (χ2v) is 12.7. The van der Waals surface area contributed by atoms with Crippen LogP contribution in [0.2, 0.25) is 15.1 Å². The number of urea groups is 1. The van der Waals surface area contributed by atoms with Crippen molar-refractivity contribution in [1.29, 1.82) is 0 Å². The molecular weight excluding hydrogens is 679 g/mol. The topological polar surface area (TPSA) is 128 Å². The Morgan fingerprint density at radius 2 is 1.57 bits per heavy atom. The van der Waals surface area contributed by atoms with Gasteiger partial charge in [-0.2, -0.15) is 8.42 Å². The van der Waals surface area contributed by atoms with Crippen LogP contribution in [-0.2, 0) is 26.3 Å². The second-order valence-electron chi connectivity index (χ2n) is 9.86. The summed E-state index contributed by atoms with van der Waals surface area (Å²) in [4.78, 5) is 39.6. The molecule has 1 fully saturated rings. The first-order valence-corrected chi connectivity index (χ1v) is 15.9. The van der Waals surface area contributed by atoms with Crippen LogP contribution < -0.4 is 23.9 Å². The van der Waals surface area contributed by atoms with E-state index in [2.05, 4.69) is 5.32 Å². The lowest BCUT2D eigenvalue weighted by Gasteiger charge is -2.26. The highest BCUT2D eigenvalue weighted by Crippen LogP contribution is 2.39. The minimum atomic E-state index is -4.27. The molecule has 0 aromatic heterocycles. The molecule has 0 atom stereocenters. The molecule has 14 heteroatoms. The van der Waals surface area contributed by atoms with Crippen molar-refractivity contribution in [1.82, 2.24) is 5.32 Å². The van der Waals surface area contributed by atoms with Crippen LogP contribution in [0.15, 0.2) is 89.3 Å². The van der Waals surface area contributed by atoms with E-state index in [9.17, 15) is 22.8 Å². The number of nitrogens with zero attached hydrogens (tertiary/aromatic N) is 1. The van der Waals surface area contributed by atoms with Crippen LogP contribution in [0.4, 0.5) is 10.5 Å². The number of amides is 4. The average molecular weight is 702 g/mol. The number of ether oxygens (including phenoxy) is 2. The molecule has 0 spiro atoms. The van der Waals surface area contributed by atoms with E-state index < -0.39 is 33.5 Å². The SMILES string of the molecule is COc1cc(/C=C2\C(=O)NC(=O)N(c3ccc(OCc4ccc(Cl)cc4Cl)cc3)C2=O)cc(Cl)c1OS(=O)(=O)c1ccc(C)cc1. The van der Waals surface area contributed by atoms with Crippen molar-refractivity contribution in [2.45, 2.75) is 18.4 Å². The standard InChI is InChI=1S/C32H23Cl3N2O8S/c1-18-3-11-24(12-4-18)46(41,42)45-29-27(35)14-19(15-28(29)43-2)13-25-30(38)36-32(40)37(31(25)39)22-7-9-23(10-8-22)44-17-20-5-6-21(33)16-26(20)34/h3-16H,17H2,1-2H3,(H,36,38,40)/b25-13+. The van der Waals surface area contributed by atoms with E-state index in [0.717, 1.165) is 10.5 Å². The first kappa shape index (κ1) is 32.8. The number of rotatable bonds is 9. The van der Waals surface area contributed by atoms with Gasteiger partial charge in [-0.1, -0.05) is 58.6 Å². The molecule has 10 nitrogen and oxygen atoms in total. The number of benzene rings is 4. The summed E-state index contributed by atoms with van der Waals surface area (Å²) in [6.07, 6.45) is 1.19. The lowest BCUT2D eigenvalue weighted by molar-refractivity contribution is -0.122. The van der Waals surface area contributed by atoms with Crippen LogP contribution in [0.3, 0.4) is 0 Å². The maximum atomic E-state index is 13.4. The molecule has 4 aromatic carbocycles. The fraction of sp³-hybridized carbons (Fsp3) is 0.0938. The fourth-order valence-electron chi connectivity index (χ4n) is 4.32. The van der Waals surface area contributed by atoms with Gasteiger partial charge in [0, 0.05) is 15.6 Å². The van der Waals surface area contributed by atoms with E-state index in [-0.39, 0.29) is 39.3 Å². The van der Waals surface area contributed by atoms with Crippen LogP contribution >= 0.6 is 34.8 Å². The first-order valence-electron chi connectivity index (χ1n) is 13.3. The number of methoxy groups -OCH3 is 1. The predicted octanol–water partition coefficient (Wildman–Crippen LogP) is 6.98. The summed E-state index contributed by atoms with van der Waals surface area (Å²) in [5.74, 6) is -1.79. The van der Waals surface area contributed by atoms with Gasteiger partial charge in [0.25, 0.3) is 11.8 Å². The van der Waals surface area contributed by atoms with Crippen molar-refractivity contribution < 1.29 is 36.5 Å². The van der Waals surface area contributed by atoms with Gasteiger partial charge >= 0.3 is 16.1 Å². The zero-order valence-electron chi connectivity index (χ0n) is 24.0. The van der Waals surface area contributed by atoms with Gasteiger partial charge in [-0.3, -0.25) is 14.9 Å². The number of nitrogens with one attached hydrogen (secondary N) is 1. The fourth-order valence-corrected chi connectivity index (χ4v) is 6.04. The molecule has 0 saturated carbocycles. The number of hydrogen-bond acceptors (Lipinski definition) is 8. The third-order valence-corrected chi connectivity index (χ3v) is 8.77. The number of carbonyl (C=O) groups is 3. The Hall–Kier alpha value is -4.55. The number of anilines is 1. The van der Waals surface area contributed by atoms with E-state index in [0.29, 0.717) is 21.4 Å². The summed E-state index contributed by atoms with van der Waals surface area (Å²) < 4.78 is 42.1. The number of hydrogen-bond donors (Lipinski definition) is 1. The van der Waals surface area contributed by atoms with Crippen molar-refractivity contribution in [3.63, 3.8) is 0 Å². The van der Waals surface area contributed by atoms with Crippen molar-refractivity contribution >= 4 is 74.5 Å². The molecule has 4 aromatic rings. The highest BCUT2D eigenvalue weighted by atomic mass is 35.5. The first-order chi connectivity index (χ1) is 21.9. The molecule has 46 heavy (non-hydrogen) atoms. The quantitative estimate of drug-likeness (QED) is 0.113. The average Bonchev–Trinajstić information content (AvgIpc) is 3.00. The molecule has 0 unspecified atom stereocenters. The number of halogens is 3. The molecule has 1 aliphatic heterocycles. The molecule has 0 aliphatic carbocycles. The van der Waals surface area contributed by atoms with Crippen molar-refractivity contribution in [3.05, 3.63) is 116 Å². The van der Waals surface area contributed by atoms with Crippen LogP contribution in [0.25, 0.3) is 6.08 Å². The molecule has 1 N–H and O–H groups in total. The zero-order chi connectivity index (χ0) is 33.2. The van der Waals surface area contributed by atoms with Crippen LogP contribution in [0, 0.1) is 6.92 Å². The van der Waals surface area contributed by atoms with E-state index in [1.165, 1.54) is 49.6 Å². The third-order valence-electron chi connectivity index (χ3n) is 6.67. The molecule has 1 saturated heterocycles. The summed E-state index contributed by atoms with van der Waals surface area (Å²) in [6, 6.07) is 18.8. The summed E-state index contributed by atoms with van der Waals surface area (Å²) >= 11 is 18.5. The molecule has 5 rings (SSSR count). The molecule has 0 bridgehead atoms. The Kier molecular flexibility index (Phi) is 9.59. The highest BCUT2D eigenvalue weighted by molar-refractivity contribution is 7.87. The van der Waals surface area contributed by atoms with Gasteiger partial charge in [0.1, 0.15) is 22.8 Å². The number of carbonyl (C=O) groups excluding carboxylic acids is 3. The lowest BCUT2D eigenvalue weighted by Crippen LogP contribution is -2.54. The van der Waals surface area contributed by atoms with Gasteiger partial charge in [-0.25, -0.2) is 9.69 Å². The predicted molar refractivity (Wildman–Crippen MR) is 173 cm³/mol. The largest absolute Gasteiger partial charge is 0.493 e. The Balaban J connectivity index is 1.37. The number of aryl methyl sites for hydroxylation is 1. The smallest absolute Gasteiger partial charge is 0.339 e. The van der Waals surface area contributed by atoms with Gasteiger partial charge in [-0.05, 0) is 79.2 Å². The zero-order valence-corrected chi connectivity index (χ0v) is 27.1. The van der Waals surface area contributed by atoms with Crippen molar-refractivity contribution in [3.8, 4) is 17.2 Å². The van der Waals surface area contributed by atoms with Gasteiger partial charge in [0.2, 0.25) is 5.75 Å². The molecule has 4 amide bonds. The van der Waals surface area contributed by atoms with E-state index in [1.807, 2.05) is 6.92 Å². The van der Waals surface area contributed by atoms with Gasteiger partial charge in [0.15, 0.2) is 5.75 Å². The lowest BCUT2D eigenvalue weighted by atomic mass is 10.1. The van der Waals surface area contributed by atoms with Crippen molar-refractivity contribution in [2.75, 3.05) is 12.0 Å². The Bertz CT molecular complexity index is 2000. The van der Waals surface area contributed by atoms with Crippen LogP contribution in [-0.4, -0.2) is 33.4 Å². The highest BCUT2D eigenvalue weighted by Gasteiger charge is 2.37. The third kappa shape index (κ3) is 7.13. The van der Waals surface area contributed by atoms with E-state index in [1.54, 1.807) is 42.5 Å². The maximum absolute atomic E-state index is 13.4. The minimum Gasteiger partial charge on any atom is -0.493 e. The molecule has 1 heterocycles. The van der Waals surface area contributed by atoms with Crippen LogP contribution in [0.5, 0.6) is 17.2 Å². The normalized spacial score (nSPS) is 14.3. The summed E-state index contributed by atoms with van der Waals surface area (Å²) in [5, 5.41) is 2.90. The Morgan fingerprint density at radius 3 is 2.22 bits per heavy atom. The van der Waals surface area contributed by atoms with Gasteiger partial charge in [-0.15, -0.1) is 0 Å². The molecule has 0 radical (unpaired) electrons. The summed E-state index contributed by atoms with van der Waals surface area (Å²) in [7, 11) is -3.01. The van der Waals surface area contributed by atoms with Crippen molar-refractivity contribution in [2.24, 2.45) is 0 Å². The van der Waals surface area contributed by atoms with Gasteiger partial charge < -0.3 is 13.7 Å². The number of imide groups is 2. The monoisotopic (exact) mass is 700 g/mol. The molecule has 236 valence electrons. The maximum Gasteiger partial charge on any atom is 0.339 e. The second kappa shape index (κ2) is 13.4. The summed E-state index contributed by atoms with van der Waals surface area (Å²) in [5.41, 5.74) is 1.53. The van der Waals surface area contributed by atoms with E-state index in [4.69, 9.17) is 48.5 Å². The molecule has 1 aliphatic rings. The molecular formula is C32H23Cl3N2O8S. The minimum absolute atomic E-state index is 0.0814. The van der Waals surface area contributed by atoms with Gasteiger partial charge in [0.05, 0.1) is 17.8 Å². The summed E-state index contributed by atoms with van der Waals surface area (Å²) in [6.45, 7) is 1.96. The van der Waals surface area contributed by atoms with E-state index >= 15 is 0 Å². The number of barbiturate groups is 1.